The first-order chi connectivity index (χ1) is 34.8. The number of thiocarbonyl (C=S) groups is 1. The molecule has 0 amide bonds. The first-order valence-electron chi connectivity index (χ1n) is 26.5. The second-order valence-electron chi connectivity index (χ2n) is 20.1. The zero-order valence-electron chi connectivity index (χ0n) is 48.0. The molecule has 8 aliphatic heterocycles. The molecule has 0 aromatic heterocycles. The largest absolute Gasteiger partial charge is 1.00 e. The fraction of sp³-hybridized carbons (Fsp3) is 0.923. The van der Waals surface area contributed by atoms with E-state index in [0.717, 1.165) is 104 Å². The van der Waals surface area contributed by atoms with Gasteiger partial charge in [0.15, 0.2) is 5.12 Å². The Hall–Kier alpha value is 0.666. The van der Waals surface area contributed by atoms with E-state index in [1.165, 1.54) is 18.7 Å². The number of hydrogen-bond donors (Lipinski definition) is 5. The summed E-state index contributed by atoms with van der Waals surface area (Å²) in [5.41, 5.74) is 0. The minimum atomic E-state index is -3.31. The smallest absolute Gasteiger partial charge is 0.868 e. The van der Waals surface area contributed by atoms with Crippen molar-refractivity contribution in [2.45, 2.75) is 155 Å². The molecule has 8 fully saturated rings. The van der Waals surface area contributed by atoms with Crippen LogP contribution in [0.2, 0.25) is 0 Å². The number of thiol groups is 1. The average molecular weight is 1190 g/mol. The number of carbonyl (C=O) groups excluding carboxylic acids is 3. The third-order valence-electron chi connectivity index (χ3n) is 12.6. The predicted molar refractivity (Wildman–Crippen MR) is 298 cm³/mol. The number of ether oxygens (including phenoxy) is 8. The van der Waals surface area contributed by atoms with E-state index in [2.05, 4.69) is 38.7 Å². The van der Waals surface area contributed by atoms with Crippen LogP contribution in [-0.2, 0) is 66.6 Å². The fourth-order valence-corrected chi connectivity index (χ4v) is 9.20. The molecular weight excluding hydrogens is 1090 g/mol. The fourth-order valence-electron chi connectivity index (χ4n) is 7.32. The number of rotatable bonds is 3. The van der Waals surface area contributed by atoms with E-state index in [0.29, 0.717) is 117 Å². The maximum Gasteiger partial charge on any atom is 1.00 e. The van der Waals surface area contributed by atoms with Crippen molar-refractivity contribution in [2.75, 3.05) is 112 Å². The summed E-state index contributed by atoms with van der Waals surface area (Å²) in [5, 5.41) is 37.6. The first kappa shape index (κ1) is 80.9. The van der Waals surface area contributed by atoms with Gasteiger partial charge in [-0.05, 0) is 57.3 Å². The number of ketones is 2. The van der Waals surface area contributed by atoms with Gasteiger partial charge in [0.2, 0.25) is 0 Å². The van der Waals surface area contributed by atoms with Crippen LogP contribution in [0.5, 0.6) is 0 Å². The van der Waals surface area contributed by atoms with Gasteiger partial charge in [0, 0.05) is 106 Å². The second kappa shape index (κ2) is 49.1. The van der Waals surface area contributed by atoms with Crippen molar-refractivity contribution < 1.29 is 137 Å². The van der Waals surface area contributed by atoms with Gasteiger partial charge < -0.3 is 64.5 Å². The number of hydrogen-bond acceptors (Lipinski definition) is 22. The van der Waals surface area contributed by atoms with Gasteiger partial charge in [-0.15, -0.1) is 12.2 Å². The molecule has 0 saturated carbocycles. The van der Waals surface area contributed by atoms with Gasteiger partial charge in [-0.3, -0.25) is 18.6 Å². The Morgan fingerprint density at radius 3 is 1.20 bits per heavy atom. The molecule has 0 aromatic carbocycles. The normalized spacial score (nSPS) is 32.0. The molecule has 0 bridgehead atoms. The van der Waals surface area contributed by atoms with Gasteiger partial charge in [-0.25, -0.2) is 0 Å². The Labute approximate surface area is 515 Å². The molecule has 8 saturated heterocycles. The van der Waals surface area contributed by atoms with Gasteiger partial charge in [0.1, 0.15) is 11.6 Å². The van der Waals surface area contributed by atoms with E-state index in [1.807, 2.05) is 34.6 Å². The first-order valence-corrected chi connectivity index (χ1v) is 30.1. The number of aliphatic hydroxyl groups is 3. The van der Waals surface area contributed by atoms with Crippen molar-refractivity contribution in [1.82, 2.24) is 6.15 Å². The summed E-state index contributed by atoms with van der Waals surface area (Å²) < 4.78 is 67.3. The molecule has 6 N–H and O–H groups in total. The number of carbonyl (C=O) groups is 3. The molecule has 24 heteroatoms. The van der Waals surface area contributed by atoms with Crippen LogP contribution in [0, 0.1) is 41.4 Å². The van der Waals surface area contributed by atoms with Gasteiger partial charge in [0.05, 0.1) is 96.7 Å². The van der Waals surface area contributed by atoms with Crippen molar-refractivity contribution in [3.63, 3.8) is 0 Å². The van der Waals surface area contributed by atoms with E-state index in [9.17, 15) is 27.9 Å². The van der Waals surface area contributed by atoms with E-state index >= 15 is 0 Å². The van der Waals surface area contributed by atoms with Crippen molar-refractivity contribution in [1.29, 1.82) is 0 Å². The van der Waals surface area contributed by atoms with Gasteiger partial charge in [-0.1, -0.05) is 65.3 Å². The van der Waals surface area contributed by atoms with Crippen LogP contribution >= 0.6 is 36.6 Å². The SMILES string of the molecule is CC(=O)S[C@H]1CCOC[C@@H]1C.CC([O-])=S.CC1COCCC1=O.C[C@@H]1COCC[C@H]1O.C[C@H]1COCC[C@@H]1S.C[C@H]1COCC[C@H]1O.C[C@H]1COCC[C@H]1O.C[C@H]1COCC[C@H]1OS(C)(=O)=O.N.O=C1CCOCC1.[K+]. The molecule has 0 aliphatic carbocycles. The maximum atomic E-state index is 10.8. The average Bonchev–Trinajstić information content (AvgIpc) is 3.34. The minimum absolute atomic E-state index is 0. The van der Waals surface area contributed by atoms with E-state index in [1.54, 1.807) is 6.92 Å². The monoisotopic (exact) mass is 1190 g/mol. The summed E-state index contributed by atoms with van der Waals surface area (Å²) >= 11 is 9.82. The Morgan fingerprint density at radius 1 is 0.579 bits per heavy atom. The molecular formula is C52H100KNO18S4. The standard InChI is InChI=1S/C8H14O2S.C7H14O4S.3C6H12O2.C6H10O2.C6H12OS.C5H8O2.C2H4OS.K.H3N/c1-6-5-10-4-3-8(6)11-7(2)9;1-6-5-10-4-3-7(6)11-12(2,8)9;4*1-5-4-8-3-2-6(5)7;1-5-4-7-3-2-6(5)8;6-5-1-3-7-4-2-5;1-2(3)4;;/h6,8H,3-5H2,1-2H3;6-7H,3-5H2,1-2H3;3*5-7H,2-4H2,1H3;5H,2-4H2,1H3;5-6,8H,2-4H2,1H3;1-4H2;1H3,(H,3,4);;1H3/q;;;;;;;;;+1;/p-1/t6-,8-;6-,7+;2*5-,6+;5-,6-;;5-,6-;;;;/m00001.0..../s1. The van der Waals surface area contributed by atoms with Crippen LogP contribution in [0.1, 0.15) is 120 Å². The molecule has 8 heterocycles. The summed E-state index contributed by atoms with van der Waals surface area (Å²) in [4.78, 5) is 31.9. The van der Waals surface area contributed by atoms with Crippen molar-refractivity contribution in [2.24, 2.45) is 41.4 Å². The topological polar surface area (TPSA) is 287 Å². The van der Waals surface area contributed by atoms with Gasteiger partial charge >= 0.3 is 51.4 Å². The molecule has 19 nitrogen and oxygen atoms in total. The molecule has 8 rings (SSSR count). The molecule has 8 aliphatic rings. The minimum Gasteiger partial charge on any atom is -0.868 e. The Kier molecular flexibility index (Phi) is 52.3. The molecule has 0 radical (unpaired) electrons. The number of Topliss-reactive ketones (excluding diaryl/α,β-unsaturated/α-hetero) is 2. The van der Waals surface area contributed by atoms with E-state index < -0.39 is 10.1 Å². The molecule has 446 valence electrons. The molecule has 0 aromatic rings. The van der Waals surface area contributed by atoms with Crippen molar-refractivity contribution >= 4 is 68.5 Å². The van der Waals surface area contributed by atoms with Crippen LogP contribution in [-0.4, -0.2) is 192 Å². The van der Waals surface area contributed by atoms with Crippen molar-refractivity contribution in [3.05, 3.63) is 0 Å². The zero-order chi connectivity index (χ0) is 56.1. The molecule has 76 heavy (non-hydrogen) atoms. The molecule has 1 unspecified atom stereocenters. The van der Waals surface area contributed by atoms with Crippen LogP contribution in [0.25, 0.3) is 0 Å². The summed E-state index contributed by atoms with van der Waals surface area (Å²) in [5.74, 6) is 3.17. The number of thioether (sulfide) groups is 1. The quantitative estimate of drug-likeness (QED) is 0.117. The third-order valence-corrected chi connectivity index (χ3v) is 15.3. The molecule has 0 spiro atoms. The van der Waals surface area contributed by atoms with E-state index in [4.69, 9.17) is 57.4 Å². The van der Waals surface area contributed by atoms with Crippen LogP contribution in [0.3, 0.4) is 0 Å². The number of aliphatic hydroxyl groups excluding tert-OH is 3. The summed E-state index contributed by atoms with van der Waals surface area (Å²) in [6.07, 6.45) is 7.59. The van der Waals surface area contributed by atoms with Crippen molar-refractivity contribution in [3.8, 4) is 0 Å². The second-order valence-corrected chi connectivity index (χ2v) is 24.4. The Balaban J connectivity index is -0.000000794. The Morgan fingerprint density at radius 2 is 0.934 bits per heavy atom. The van der Waals surface area contributed by atoms with Crippen LogP contribution in [0.15, 0.2) is 0 Å². The predicted octanol–water partition coefficient (Wildman–Crippen LogP) is 2.47. The van der Waals surface area contributed by atoms with E-state index in [-0.39, 0.29) is 104 Å². The summed E-state index contributed by atoms with van der Waals surface area (Å²) in [6, 6.07) is 0. The summed E-state index contributed by atoms with van der Waals surface area (Å²) in [6.45, 7) is 28.6. The third kappa shape index (κ3) is 45.2. The maximum absolute atomic E-state index is 10.8. The Bertz CT molecular complexity index is 1460. The van der Waals surface area contributed by atoms with Crippen LogP contribution < -0.4 is 62.6 Å². The summed E-state index contributed by atoms with van der Waals surface area (Å²) in [7, 11) is -3.31. The van der Waals surface area contributed by atoms with Gasteiger partial charge in [0.25, 0.3) is 10.1 Å². The van der Waals surface area contributed by atoms with Gasteiger partial charge in [-0.2, -0.15) is 21.0 Å². The molecule has 13 atom stereocenters. The zero-order valence-corrected chi connectivity index (χ0v) is 54.5. The van der Waals surface area contributed by atoms with Crippen LogP contribution in [0.4, 0.5) is 0 Å².